The van der Waals surface area contributed by atoms with Crippen molar-refractivity contribution in [3.63, 3.8) is 0 Å². The maximum absolute atomic E-state index is 11.9. The van der Waals surface area contributed by atoms with Gasteiger partial charge in [0.15, 0.2) is 0 Å². The molecule has 2 aromatic heterocycles. The van der Waals surface area contributed by atoms with Crippen LogP contribution in [-0.4, -0.2) is 47.1 Å². The molecule has 0 unspecified atom stereocenters. The van der Waals surface area contributed by atoms with Gasteiger partial charge in [-0.3, -0.25) is 0 Å². The van der Waals surface area contributed by atoms with Crippen molar-refractivity contribution in [1.29, 1.82) is 0 Å². The summed E-state index contributed by atoms with van der Waals surface area (Å²) >= 11 is 1.61. The molecule has 0 bridgehead atoms. The van der Waals surface area contributed by atoms with E-state index in [1.807, 2.05) is 16.3 Å². The number of carbonyl (C=O) groups excluding carboxylic acids is 1. The van der Waals surface area contributed by atoms with Crippen LogP contribution in [0.25, 0.3) is 10.2 Å². The monoisotopic (exact) mass is 353 g/mol. The number of benzene rings is 1. The molecule has 4 rings (SSSR count). The highest BCUT2D eigenvalue weighted by Crippen LogP contribution is 2.32. The lowest BCUT2D eigenvalue weighted by molar-refractivity contribution is 0.218. The average molecular weight is 353 g/mol. The Hall–Kier alpha value is -2.67. The van der Waals surface area contributed by atoms with Gasteiger partial charge in [0.05, 0.1) is 5.39 Å². The van der Waals surface area contributed by atoms with E-state index in [-0.39, 0.29) is 6.03 Å². The number of carbonyl (C=O) groups is 1. The van der Waals surface area contributed by atoms with Crippen LogP contribution >= 0.6 is 11.3 Å². The summed E-state index contributed by atoms with van der Waals surface area (Å²) in [4.78, 5) is 25.8. The fourth-order valence-electron chi connectivity index (χ4n) is 3.09. The molecule has 0 atom stereocenters. The number of nitrogens with one attached hydrogen (secondary N) is 1. The van der Waals surface area contributed by atoms with E-state index in [1.54, 1.807) is 17.7 Å². The van der Waals surface area contributed by atoms with Crippen LogP contribution in [0.15, 0.2) is 42.0 Å². The number of hydrogen-bond acceptors (Lipinski definition) is 5. The summed E-state index contributed by atoms with van der Waals surface area (Å²) in [6, 6.07) is 10.4. The van der Waals surface area contributed by atoms with Crippen molar-refractivity contribution in [3.8, 4) is 0 Å². The van der Waals surface area contributed by atoms with Gasteiger partial charge in [-0.15, -0.1) is 11.3 Å². The van der Waals surface area contributed by atoms with Gasteiger partial charge < -0.3 is 15.1 Å². The van der Waals surface area contributed by atoms with Crippen LogP contribution in [0.5, 0.6) is 0 Å². The molecule has 1 N–H and O–H groups in total. The second-order valence-electron chi connectivity index (χ2n) is 6.05. The highest BCUT2D eigenvalue weighted by molar-refractivity contribution is 7.16. The number of fused-ring (bicyclic) bond motifs is 1. The fourth-order valence-corrected chi connectivity index (χ4v) is 3.82. The Kier molecular flexibility index (Phi) is 4.23. The van der Waals surface area contributed by atoms with Gasteiger partial charge in [-0.05, 0) is 36.1 Å². The number of urea groups is 1. The summed E-state index contributed by atoms with van der Waals surface area (Å²) in [7, 11) is 0. The number of aryl methyl sites for hydroxylation is 1. The molecule has 1 aliphatic rings. The Balaban J connectivity index is 1.70. The van der Waals surface area contributed by atoms with E-state index in [4.69, 9.17) is 0 Å². The molecule has 0 radical (unpaired) electrons. The largest absolute Gasteiger partial charge is 0.336 e. The average Bonchev–Trinajstić information content (AvgIpc) is 3.24. The van der Waals surface area contributed by atoms with Crippen LogP contribution in [-0.2, 0) is 0 Å². The second-order valence-corrected chi connectivity index (χ2v) is 6.94. The number of nitrogens with zero attached hydrogens (tertiary/aromatic N) is 4. The molecule has 1 aliphatic heterocycles. The highest BCUT2D eigenvalue weighted by Gasteiger charge is 2.22. The fraction of sp³-hybridized carbons (Fsp3) is 0.278. The highest BCUT2D eigenvalue weighted by atomic mass is 32.1. The predicted octanol–water partition coefficient (Wildman–Crippen LogP) is 3.16. The lowest BCUT2D eigenvalue weighted by Crippen LogP contribution is -2.35. The Morgan fingerprint density at radius 1 is 1.32 bits per heavy atom. The first-order valence-electron chi connectivity index (χ1n) is 8.27. The first-order valence-corrected chi connectivity index (χ1v) is 9.15. The molecule has 3 aromatic rings. The van der Waals surface area contributed by atoms with Crippen LogP contribution in [0.1, 0.15) is 5.56 Å². The quantitative estimate of drug-likeness (QED) is 0.765. The van der Waals surface area contributed by atoms with Crippen LogP contribution in [0.3, 0.4) is 0 Å². The van der Waals surface area contributed by atoms with Gasteiger partial charge >= 0.3 is 6.03 Å². The summed E-state index contributed by atoms with van der Waals surface area (Å²) in [5.74, 6) is 0.886. The third kappa shape index (κ3) is 3.15. The summed E-state index contributed by atoms with van der Waals surface area (Å²) in [6.07, 6.45) is 1.61. The van der Waals surface area contributed by atoms with Gasteiger partial charge in [0, 0.05) is 31.9 Å². The minimum absolute atomic E-state index is 0.00700. The van der Waals surface area contributed by atoms with Crippen molar-refractivity contribution in [2.75, 3.05) is 31.1 Å². The normalized spacial score (nSPS) is 14.1. The van der Waals surface area contributed by atoms with Gasteiger partial charge in [-0.25, -0.2) is 14.8 Å². The third-order valence-electron chi connectivity index (χ3n) is 4.35. The number of thiophene rings is 1. The molecular weight excluding hydrogens is 334 g/mol. The molecule has 0 aliphatic carbocycles. The van der Waals surface area contributed by atoms with Gasteiger partial charge in [0.2, 0.25) is 0 Å². The van der Waals surface area contributed by atoms with Crippen molar-refractivity contribution in [1.82, 2.24) is 20.2 Å². The molecule has 25 heavy (non-hydrogen) atoms. The lowest BCUT2D eigenvalue weighted by atomic mass is 10.2. The molecule has 2 amide bonds. The summed E-state index contributed by atoms with van der Waals surface area (Å²) in [5.41, 5.74) is 2.27. The molecule has 128 valence electrons. The van der Waals surface area contributed by atoms with Crippen molar-refractivity contribution in [3.05, 3.63) is 47.6 Å². The zero-order valence-electron chi connectivity index (χ0n) is 14.0. The summed E-state index contributed by atoms with van der Waals surface area (Å²) < 4.78 is 0. The number of hydrogen-bond donors (Lipinski definition) is 1. The molecule has 0 spiro atoms. The Morgan fingerprint density at radius 3 is 3.04 bits per heavy atom. The lowest BCUT2D eigenvalue weighted by Gasteiger charge is -2.27. The topological polar surface area (TPSA) is 61.4 Å². The van der Waals surface area contributed by atoms with E-state index < -0.39 is 0 Å². The van der Waals surface area contributed by atoms with E-state index in [9.17, 15) is 4.79 Å². The van der Waals surface area contributed by atoms with E-state index in [2.05, 4.69) is 51.4 Å². The molecule has 3 heterocycles. The van der Waals surface area contributed by atoms with Crippen LogP contribution in [0.4, 0.5) is 16.3 Å². The Bertz CT molecular complexity index is 909. The molecule has 0 saturated carbocycles. The van der Waals surface area contributed by atoms with Gasteiger partial charge in [-0.2, -0.15) is 0 Å². The van der Waals surface area contributed by atoms with Crippen LogP contribution < -0.4 is 10.2 Å². The Labute approximate surface area is 150 Å². The minimum atomic E-state index is 0.00700. The maximum Gasteiger partial charge on any atom is 0.317 e. The predicted molar refractivity (Wildman–Crippen MR) is 101 cm³/mol. The minimum Gasteiger partial charge on any atom is -0.336 e. The third-order valence-corrected chi connectivity index (χ3v) is 5.17. The summed E-state index contributed by atoms with van der Waals surface area (Å²) in [5, 5.41) is 5.93. The SMILES string of the molecule is Cc1cccc(N(CCN2CCNC2=O)c2ncnc3sccc23)c1. The van der Waals surface area contributed by atoms with E-state index in [0.717, 1.165) is 28.3 Å². The zero-order valence-corrected chi connectivity index (χ0v) is 14.8. The van der Waals surface area contributed by atoms with Crippen LogP contribution in [0.2, 0.25) is 0 Å². The number of aromatic nitrogens is 2. The molecular formula is C18H19N5OS. The van der Waals surface area contributed by atoms with E-state index in [0.29, 0.717) is 19.6 Å². The van der Waals surface area contributed by atoms with E-state index >= 15 is 0 Å². The van der Waals surface area contributed by atoms with Crippen molar-refractivity contribution >= 4 is 39.1 Å². The molecule has 1 saturated heterocycles. The zero-order chi connectivity index (χ0) is 17.2. The number of rotatable bonds is 5. The first-order chi connectivity index (χ1) is 12.2. The standard InChI is InChI=1S/C18H19N5OS/c1-13-3-2-4-14(11-13)23(9-8-22-7-6-19-18(22)24)16-15-5-10-25-17(15)21-12-20-16/h2-5,10-12H,6-9H2,1H3,(H,19,24). The molecule has 1 fully saturated rings. The van der Waals surface area contributed by atoms with Crippen molar-refractivity contribution in [2.45, 2.75) is 6.92 Å². The number of amides is 2. The van der Waals surface area contributed by atoms with Gasteiger partial charge in [0.1, 0.15) is 17.0 Å². The van der Waals surface area contributed by atoms with E-state index in [1.165, 1.54) is 5.56 Å². The molecule has 7 heteroatoms. The second kappa shape index (κ2) is 6.68. The number of anilines is 2. The smallest absolute Gasteiger partial charge is 0.317 e. The van der Waals surface area contributed by atoms with Crippen molar-refractivity contribution in [2.24, 2.45) is 0 Å². The van der Waals surface area contributed by atoms with Gasteiger partial charge in [-0.1, -0.05) is 12.1 Å². The molecule has 6 nitrogen and oxygen atoms in total. The van der Waals surface area contributed by atoms with Crippen molar-refractivity contribution < 1.29 is 4.79 Å². The maximum atomic E-state index is 11.9. The van der Waals surface area contributed by atoms with Crippen LogP contribution in [0, 0.1) is 6.92 Å². The molecule has 1 aromatic carbocycles. The summed E-state index contributed by atoms with van der Waals surface area (Å²) in [6.45, 7) is 4.87. The Morgan fingerprint density at radius 2 is 2.24 bits per heavy atom. The van der Waals surface area contributed by atoms with Gasteiger partial charge in [0.25, 0.3) is 0 Å². The first kappa shape index (κ1) is 15.8.